The fraction of sp³-hybridized carbons (Fsp3) is 0.500. The highest BCUT2D eigenvalue weighted by atomic mass is 79.9. The highest BCUT2D eigenvalue weighted by Crippen LogP contribution is 2.23. The van der Waals surface area contributed by atoms with Crippen molar-refractivity contribution >= 4 is 15.9 Å². The number of benzene rings is 1. The fourth-order valence-corrected chi connectivity index (χ4v) is 1.65. The third kappa shape index (κ3) is 3.58. The summed E-state index contributed by atoms with van der Waals surface area (Å²) in [6.07, 6.45) is 0.564. The van der Waals surface area contributed by atoms with Gasteiger partial charge in [0.05, 0.1) is 0 Å². The second-order valence-electron chi connectivity index (χ2n) is 4.91. The minimum absolute atomic E-state index is 0.00520. The molecule has 1 unspecified atom stereocenters. The van der Waals surface area contributed by atoms with Gasteiger partial charge in [0.15, 0.2) is 0 Å². The topological polar surface area (TPSA) is 26.0 Å². The van der Waals surface area contributed by atoms with Gasteiger partial charge in [-0.1, -0.05) is 36.7 Å². The summed E-state index contributed by atoms with van der Waals surface area (Å²) in [5.74, 6) is -0.182. The number of halogens is 2. The molecule has 0 saturated heterocycles. The van der Waals surface area contributed by atoms with Crippen LogP contribution in [0.1, 0.15) is 26.3 Å². The molecule has 15 heavy (non-hydrogen) atoms. The Kier molecular flexibility index (Phi) is 3.90. The van der Waals surface area contributed by atoms with Crippen LogP contribution in [-0.4, -0.2) is 6.04 Å². The molecule has 1 atom stereocenters. The summed E-state index contributed by atoms with van der Waals surface area (Å²) < 4.78 is 14.3. The van der Waals surface area contributed by atoms with Crippen molar-refractivity contribution in [2.45, 2.75) is 33.2 Å². The van der Waals surface area contributed by atoms with E-state index in [1.165, 1.54) is 6.07 Å². The van der Waals surface area contributed by atoms with Gasteiger partial charge in [-0.05, 0) is 35.6 Å². The zero-order valence-electron chi connectivity index (χ0n) is 9.35. The van der Waals surface area contributed by atoms with Crippen molar-refractivity contribution < 1.29 is 4.39 Å². The van der Waals surface area contributed by atoms with Crippen molar-refractivity contribution in [1.82, 2.24) is 0 Å². The first-order valence-corrected chi connectivity index (χ1v) is 5.79. The third-order valence-corrected chi connectivity index (χ3v) is 3.05. The summed E-state index contributed by atoms with van der Waals surface area (Å²) in [6.45, 7) is 6.19. The molecule has 0 aliphatic carbocycles. The summed E-state index contributed by atoms with van der Waals surface area (Å²) in [5.41, 5.74) is 6.69. The Morgan fingerprint density at radius 3 is 2.53 bits per heavy atom. The first-order chi connectivity index (χ1) is 6.80. The molecule has 0 aliphatic heterocycles. The van der Waals surface area contributed by atoms with Crippen LogP contribution < -0.4 is 5.73 Å². The van der Waals surface area contributed by atoms with E-state index in [4.69, 9.17) is 5.73 Å². The lowest BCUT2D eigenvalue weighted by Crippen LogP contribution is -2.37. The number of hydrogen-bond acceptors (Lipinski definition) is 1. The van der Waals surface area contributed by atoms with Crippen molar-refractivity contribution in [3.8, 4) is 0 Å². The Hall–Kier alpha value is -0.410. The maximum Gasteiger partial charge on any atom is 0.126 e. The first-order valence-electron chi connectivity index (χ1n) is 5.00. The van der Waals surface area contributed by atoms with Gasteiger partial charge in [-0.3, -0.25) is 0 Å². The predicted molar refractivity (Wildman–Crippen MR) is 65.2 cm³/mol. The van der Waals surface area contributed by atoms with Gasteiger partial charge in [0.25, 0.3) is 0 Å². The van der Waals surface area contributed by atoms with Gasteiger partial charge >= 0.3 is 0 Å². The summed E-state index contributed by atoms with van der Waals surface area (Å²) in [5, 5.41) is 0. The molecule has 1 rings (SSSR count). The van der Waals surface area contributed by atoms with Crippen LogP contribution in [0, 0.1) is 11.2 Å². The normalized spacial score (nSPS) is 14.0. The molecule has 84 valence electrons. The van der Waals surface area contributed by atoms with Crippen LogP contribution in [0.3, 0.4) is 0 Å². The Labute approximate surface area is 99.0 Å². The minimum Gasteiger partial charge on any atom is -0.327 e. The van der Waals surface area contributed by atoms with Crippen molar-refractivity contribution in [1.29, 1.82) is 0 Å². The van der Waals surface area contributed by atoms with Crippen LogP contribution in [0.4, 0.5) is 4.39 Å². The van der Waals surface area contributed by atoms with Gasteiger partial charge in [-0.25, -0.2) is 4.39 Å². The van der Waals surface area contributed by atoms with Gasteiger partial charge in [0.2, 0.25) is 0 Å². The van der Waals surface area contributed by atoms with Gasteiger partial charge in [-0.2, -0.15) is 0 Å². The standard InChI is InChI=1S/C12H17BrFN/c1-12(2,3)11(15)7-8-6-9(13)4-5-10(8)14/h4-6,11H,7,15H2,1-3H3. The predicted octanol–water partition coefficient (Wildman–Crippen LogP) is 3.50. The van der Waals surface area contributed by atoms with Crippen LogP contribution in [0.2, 0.25) is 0 Å². The maximum absolute atomic E-state index is 13.4. The van der Waals surface area contributed by atoms with Crippen LogP contribution in [0.5, 0.6) is 0 Å². The molecule has 0 saturated carbocycles. The van der Waals surface area contributed by atoms with Gasteiger partial charge in [-0.15, -0.1) is 0 Å². The Bertz CT molecular complexity index is 344. The molecular formula is C12H17BrFN. The minimum atomic E-state index is -0.182. The lowest BCUT2D eigenvalue weighted by molar-refractivity contribution is 0.316. The van der Waals surface area contributed by atoms with E-state index in [1.54, 1.807) is 12.1 Å². The molecule has 3 heteroatoms. The highest BCUT2D eigenvalue weighted by molar-refractivity contribution is 9.10. The number of rotatable bonds is 2. The molecule has 1 aromatic carbocycles. The SMILES string of the molecule is CC(C)(C)C(N)Cc1cc(Br)ccc1F. The zero-order chi connectivity index (χ0) is 11.6. The lowest BCUT2D eigenvalue weighted by Gasteiger charge is -2.27. The van der Waals surface area contributed by atoms with Gasteiger partial charge in [0, 0.05) is 10.5 Å². The zero-order valence-corrected chi connectivity index (χ0v) is 10.9. The van der Waals surface area contributed by atoms with Gasteiger partial charge < -0.3 is 5.73 Å². The summed E-state index contributed by atoms with van der Waals surface area (Å²) in [4.78, 5) is 0. The third-order valence-electron chi connectivity index (χ3n) is 2.56. The van der Waals surface area contributed by atoms with Crippen molar-refractivity contribution in [2.24, 2.45) is 11.1 Å². The Morgan fingerprint density at radius 1 is 1.40 bits per heavy atom. The average Bonchev–Trinajstić information content (AvgIpc) is 2.09. The van der Waals surface area contributed by atoms with Gasteiger partial charge in [0.1, 0.15) is 5.82 Å². The van der Waals surface area contributed by atoms with Crippen LogP contribution in [0.15, 0.2) is 22.7 Å². The first kappa shape index (κ1) is 12.7. The van der Waals surface area contributed by atoms with E-state index in [-0.39, 0.29) is 17.3 Å². The van der Waals surface area contributed by atoms with E-state index in [2.05, 4.69) is 36.7 Å². The van der Waals surface area contributed by atoms with Crippen LogP contribution in [0.25, 0.3) is 0 Å². The molecular weight excluding hydrogens is 257 g/mol. The molecule has 0 bridgehead atoms. The average molecular weight is 274 g/mol. The maximum atomic E-state index is 13.4. The molecule has 0 aromatic heterocycles. The van der Waals surface area contributed by atoms with E-state index in [0.717, 1.165) is 4.47 Å². The Morgan fingerprint density at radius 2 is 2.00 bits per heavy atom. The molecule has 0 spiro atoms. The lowest BCUT2D eigenvalue weighted by atomic mass is 9.84. The molecule has 1 aromatic rings. The molecule has 0 heterocycles. The van der Waals surface area contributed by atoms with E-state index >= 15 is 0 Å². The van der Waals surface area contributed by atoms with E-state index in [1.807, 2.05) is 0 Å². The molecule has 0 radical (unpaired) electrons. The summed E-state index contributed by atoms with van der Waals surface area (Å²) in [6, 6.07) is 4.92. The molecule has 0 aliphatic rings. The largest absolute Gasteiger partial charge is 0.327 e. The summed E-state index contributed by atoms with van der Waals surface area (Å²) in [7, 11) is 0. The molecule has 2 N–H and O–H groups in total. The molecule has 0 amide bonds. The number of hydrogen-bond donors (Lipinski definition) is 1. The summed E-state index contributed by atoms with van der Waals surface area (Å²) >= 11 is 3.33. The monoisotopic (exact) mass is 273 g/mol. The van der Waals surface area contributed by atoms with Crippen molar-refractivity contribution in [3.63, 3.8) is 0 Å². The second-order valence-corrected chi connectivity index (χ2v) is 5.83. The van der Waals surface area contributed by atoms with E-state index < -0.39 is 0 Å². The second kappa shape index (κ2) is 4.62. The Balaban J connectivity index is 2.85. The van der Waals surface area contributed by atoms with Crippen LogP contribution >= 0.6 is 15.9 Å². The van der Waals surface area contributed by atoms with E-state index in [0.29, 0.717) is 12.0 Å². The fourth-order valence-electron chi connectivity index (χ4n) is 1.24. The molecule has 1 nitrogen and oxygen atoms in total. The molecule has 0 fully saturated rings. The number of nitrogens with two attached hydrogens (primary N) is 1. The highest BCUT2D eigenvalue weighted by Gasteiger charge is 2.21. The van der Waals surface area contributed by atoms with E-state index in [9.17, 15) is 4.39 Å². The smallest absolute Gasteiger partial charge is 0.126 e. The van der Waals surface area contributed by atoms with Crippen LogP contribution in [-0.2, 0) is 6.42 Å². The quantitative estimate of drug-likeness (QED) is 0.877. The van der Waals surface area contributed by atoms with Crippen molar-refractivity contribution in [3.05, 3.63) is 34.1 Å². The van der Waals surface area contributed by atoms with Crippen molar-refractivity contribution in [2.75, 3.05) is 0 Å².